The smallest absolute Gasteiger partial charge is 0.123 e. The zero-order chi connectivity index (χ0) is 19.8. The van der Waals surface area contributed by atoms with E-state index < -0.39 is 17.3 Å². The van der Waals surface area contributed by atoms with Gasteiger partial charge in [0.1, 0.15) is 11.2 Å². The van der Waals surface area contributed by atoms with Crippen molar-refractivity contribution < 1.29 is 15.3 Å². The van der Waals surface area contributed by atoms with Crippen LogP contribution >= 0.6 is 0 Å². The third kappa shape index (κ3) is 11.3. The Kier molecular flexibility index (Phi) is 9.81. The van der Waals surface area contributed by atoms with Crippen LogP contribution < -0.4 is 0 Å². The normalized spacial score (nSPS) is 19.7. The van der Waals surface area contributed by atoms with Gasteiger partial charge >= 0.3 is 0 Å². The lowest BCUT2D eigenvalue weighted by molar-refractivity contribution is 0.0847. The highest BCUT2D eigenvalue weighted by Gasteiger charge is 2.24. The van der Waals surface area contributed by atoms with Gasteiger partial charge in [0.15, 0.2) is 0 Å². The van der Waals surface area contributed by atoms with Crippen LogP contribution in [0.15, 0.2) is 0 Å². The molecule has 0 saturated heterocycles. The molecule has 0 aliphatic carbocycles. The summed E-state index contributed by atoms with van der Waals surface area (Å²) >= 11 is 0. The molecule has 0 aromatic carbocycles. The Bertz CT molecular complexity index is 509. The van der Waals surface area contributed by atoms with E-state index in [-0.39, 0.29) is 17.8 Å². The van der Waals surface area contributed by atoms with Crippen molar-refractivity contribution >= 4 is 0 Å². The van der Waals surface area contributed by atoms with Crippen LogP contribution in [-0.2, 0) is 0 Å². The highest BCUT2D eigenvalue weighted by Crippen LogP contribution is 2.20. The van der Waals surface area contributed by atoms with Crippen LogP contribution in [0.1, 0.15) is 74.7 Å². The van der Waals surface area contributed by atoms with Crippen LogP contribution in [0.3, 0.4) is 0 Å². The summed E-state index contributed by atoms with van der Waals surface area (Å²) in [5, 5.41) is 30.7. The fourth-order valence-electron chi connectivity index (χ4n) is 2.97. The monoisotopic (exact) mass is 350 g/mol. The fourth-order valence-corrected chi connectivity index (χ4v) is 2.97. The standard InChI is InChI=1S/C22H38O3/c1-16(2)14-21(7,24)12-13-22(8,25)15-18(5)10-9-11-19(6)20(23)17(3)4/h16-20,23-25H,10,14-15H2,1-8H3. The minimum absolute atomic E-state index is 0.0568. The van der Waals surface area contributed by atoms with Crippen LogP contribution in [0, 0.1) is 47.4 Å². The summed E-state index contributed by atoms with van der Waals surface area (Å²) in [6.45, 7) is 15.4. The maximum Gasteiger partial charge on any atom is 0.123 e. The molecule has 3 N–H and O–H groups in total. The fraction of sp³-hybridized carbons (Fsp3) is 0.818. The molecule has 0 aromatic heterocycles. The number of hydrogen-bond donors (Lipinski definition) is 3. The Morgan fingerprint density at radius 3 is 1.76 bits per heavy atom. The van der Waals surface area contributed by atoms with Crippen molar-refractivity contribution in [3.8, 4) is 23.7 Å². The SMILES string of the molecule is CC(C)CC(C)(O)C#CC(C)(O)CC(C)CC#CC(C)C(O)C(C)C. The van der Waals surface area contributed by atoms with Gasteiger partial charge in [-0.3, -0.25) is 0 Å². The average molecular weight is 351 g/mol. The molecule has 0 bridgehead atoms. The van der Waals surface area contributed by atoms with E-state index in [0.717, 1.165) is 0 Å². The summed E-state index contributed by atoms with van der Waals surface area (Å²) in [5.41, 5.74) is -2.23. The van der Waals surface area contributed by atoms with Crippen molar-refractivity contribution in [2.24, 2.45) is 23.7 Å². The molecule has 0 saturated carbocycles. The van der Waals surface area contributed by atoms with E-state index in [1.807, 2.05) is 41.5 Å². The maximum atomic E-state index is 10.5. The molecule has 25 heavy (non-hydrogen) atoms. The van der Waals surface area contributed by atoms with Gasteiger partial charge in [-0.25, -0.2) is 0 Å². The summed E-state index contributed by atoms with van der Waals surface area (Å²) in [5.74, 6) is 12.5. The minimum atomic E-state index is -1.15. The van der Waals surface area contributed by atoms with Crippen LogP contribution in [0.5, 0.6) is 0 Å². The van der Waals surface area contributed by atoms with Gasteiger partial charge in [0.05, 0.1) is 6.10 Å². The summed E-state index contributed by atoms with van der Waals surface area (Å²) in [7, 11) is 0. The number of rotatable bonds is 7. The number of hydrogen-bond acceptors (Lipinski definition) is 3. The summed E-state index contributed by atoms with van der Waals surface area (Å²) in [6.07, 6.45) is 1.30. The van der Waals surface area contributed by atoms with E-state index >= 15 is 0 Å². The first-order chi connectivity index (χ1) is 11.3. The molecule has 0 amide bonds. The van der Waals surface area contributed by atoms with Crippen molar-refractivity contribution in [1.29, 1.82) is 0 Å². The van der Waals surface area contributed by atoms with E-state index in [9.17, 15) is 15.3 Å². The molecule has 0 aliphatic heterocycles. The highest BCUT2D eigenvalue weighted by atomic mass is 16.3. The Balaban J connectivity index is 4.67. The van der Waals surface area contributed by atoms with Crippen molar-refractivity contribution in [3.63, 3.8) is 0 Å². The van der Waals surface area contributed by atoms with Crippen LogP contribution in [0.25, 0.3) is 0 Å². The quantitative estimate of drug-likeness (QED) is 0.615. The first-order valence-electron chi connectivity index (χ1n) is 9.41. The molecule has 0 aromatic rings. The van der Waals surface area contributed by atoms with Gasteiger partial charge in [0.2, 0.25) is 0 Å². The predicted octanol–water partition coefficient (Wildman–Crippen LogP) is 3.61. The first-order valence-corrected chi connectivity index (χ1v) is 9.41. The second kappa shape index (κ2) is 10.2. The zero-order valence-corrected chi connectivity index (χ0v) is 17.3. The topological polar surface area (TPSA) is 60.7 Å². The van der Waals surface area contributed by atoms with E-state index in [1.54, 1.807) is 13.8 Å². The van der Waals surface area contributed by atoms with E-state index in [0.29, 0.717) is 25.2 Å². The molecular weight excluding hydrogens is 312 g/mol. The van der Waals surface area contributed by atoms with Crippen LogP contribution in [-0.4, -0.2) is 32.6 Å². The molecule has 3 heteroatoms. The Morgan fingerprint density at radius 1 is 0.840 bits per heavy atom. The van der Waals surface area contributed by atoms with E-state index in [1.165, 1.54) is 0 Å². The molecule has 0 fully saturated rings. The molecule has 0 rings (SSSR count). The molecule has 5 unspecified atom stereocenters. The number of aliphatic hydroxyl groups excluding tert-OH is 1. The molecule has 0 aliphatic rings. The van der Waals surface area contributed by atoms with Crippen molar-refractivity contribution in [2.75, 3.05) is 0 Å². The van der Waals surface area contributed by atoms with Crippen molar-refractivity contribution in [1.82, 2.24) is 0 Å². The molecular formula is C22H38O3. The summed E-state index contributed by atoms with van der Waals surface area (Å²) in [4.78, 5) is 0. The second-order valence-corrected chi connectivity index (χ2v) is 8.75. The molecule has 0 spiro atoms. The van der Waals surface area contributed by atoms with Crippen LogP contribution in [0.2, 0.25) is 0 Å². The van der Waals surface area contributed by atoms with Crippen LogP contribution in [0.4, 0.5) is 0 Å². The second-order valence-electron chi connectivity index (χ2n) is 8.75. The highest BCUT2D eigenvalue weighted by molar-refractivity contribution is 5.19. The van der Waals surface area contributed by atoms with Gasteiger partial charge in [0.25, 0.3) is 0 Å². The summed E-state index contributed by atoms with van der Waals surface area (Å²) in [6, 6.07) is 0. The van der Waals surface area contributed by atoms with Gasteiger partial charge in [0, 0.05) is 12.3 Å². The minimum Gasteiger partial charge on any atom is -0.392 e. The lowest BCUT2D eigenvalue weighted by Crippen LogP contribution is -2.28. The molecule has 144 valence electrons. The largest absolute Gasteiger partial charge is 0.392 e. The zero-order valence-electron chi connectivity index (χ0n) is 17.3. The Morgan fingerprint density at radius 2 is 1.32 bits per heavy atom. The lowest BCUT2D eigenvalue weighted by atomic mass is 9.89. The van der Waals surface area contributed by atoms with Gasteiger partial charge < -0.3 is 15.3 Å². The van der Waals surface area contributed by atoms with Gasteiger partial charge in [-0.2, -0.15) is 0 Å². The predicted molar refractivity (Wildman–Crippen MR) is 105 cm³/mol. The molecule has 0 heterocycles. The Labute approximate surface area is 155 Å². The molecule has 5 atom stereocenters. The third-order valence-corrected chi connectivity index (χ3v) is 4.13. The van der Waals surface area contributed by atoms with Gasteiger partial charge in [-0.1, -0.05) is 52.4 Å². The van der Waals surface area contributed by atoms with E-state index in [2.05, 4.69) is 23.7 Å². The summed E-state index contributed by atoms with van der Waals surface area (Å²) < 4.78 is 0. The number of aliphatic hydroxyl groups is 3. The average Bonchev–Trinajstić information content (AvgIpc) is 2.42. The Hall–Kier alpha value is -1.00. The lowest BCUT2D eigenvalue weighted by Gasteiger charge is -2.23. The molecule has 0 radical (unpaired) electrons. The first kappa shape index (κ1) is 24.0. The van der Waals surface area contributed by atoms with Crippen molar-refractivity contribution in [2.45, 2.75) is 92.0 Å². The van der Waals surface area contributed by atoms with Crippen molar-refractivity contribution in [3.05, 3.63) is 0 Å². The van der Waals surface area contributed by atoms with E-state index in [4.69, 9.17) is 0 Å². The van der Waals surface area contributed by atoms with Gasteiger partial charge in [-0.15, -0.1) is 5.92 Å². The van der Waals surface area contributed by atoms with Gasteiger partial charge in [-0.05, 0) is 51.4 Å². The molecule has 3 nitrogen and oxygen atoms in total. The third-order valence-electron chi connectivity index (χ3n) is 4.13. The maximum absolute atomic E-state index is 10.5.